The van der Waals surface area contributed by atoms with Crippen LogP contribution >= 0.6 is 31.9 Å². The van der Waals surface area contributed by atoms with E-state index in [1.807, 2.05) is 0 Å². The maximum absolute atomic E-state index is 13.0. The molecule has 0 aromatic heterocycles. The number of rotatable bonds is 3. The van der Waals surface area contributed by atoms with Crippen molar-refractivity contribution in [2.45, 2.75) is 7.43 Å². The number of methoxy groups -OCH3 is 2. The second kappa shape index (κ2) is 13.7. The van der Waals surface area contributed by atoms with Crippen LogP contribution < -0.4 is 9.47 Å². The second-order valence-corrected chi connectivity index (χ2v) is 5.70. The van der Waals surface area contributed by atoms with Crippen molar-refractivity contribution in [3.63, 3.8) is 0 Å². The Bertz CT molecular complexity index is 645. The first-order valence-corrected chi connectivity index (χ1v) is 7.75. The number of carbonyl (C=O) groups excluding carboxylic acids is 1. The van der Waals surface area contributed by atoms with Crippen LogP contribution in [0.2, 0.25) is 0 Å². The topological polar surface area (TPSA) is 35.5 Å². The van der Waals surface area contributed by atoms with Crippen LogP contribution in [0.15, 0.2) is 39.3 Å². The van der Waals surface area contributed by atoms with Gasteiger partial charge in [0.05, 0.1) is 28.3 Å². The van der Waals surface area contributed by atoms with Crippen LogP contribution in [-0.2, 0) is 0 Å². The van der Waals surface area contributed by atoms with Gasteiger partial charge in [-0.2, -0.15) is 0 Å². The molecule has 2 aromatic carbocycles. The van der Waals surface area contributed by atoms with Gasteiger partial charge >= 0.3 is 0 Å². The minimum atomic E-state index is -1.00. The van der Waals surface area contributed by atoms with Crippen molar-refractivity contribution in [3.8, 4) is 11.5 Å². The molecule has 0 aliphatic heterocycles. The molecule has 8 heteroatoms. The highest BCUT2D eigenvalue weighted by Gasteiger charge is 2.07. The third-order valence-electron chi connectivity index (χ3n) is 2.48. The largest absolute Gasteiger partial charge is 0.497 e. The van der Waals surface area contributed by atoms with Crippen molar-refractivity contribution in [2.75, 3.05) is 21.4 Å². The molecule has 0 heterocycles. The molecule has 0 aliphatic carbocycles. The number of alkyl halides is 1. The van der Waals surface area contributed by atoms with E-state index in [0.29, 0.717) is 26.7 Å². The first kappa shape index (κ1) is 23.5. The Hall–Kier alpha value is -1.54. The Balaban J connectivity index is 0. The van der Waals surface area contributed by atoms with E-state index in [0.717, 1.165) is 6.07 Å². The first-order valence-electron chi connectivity index (χ1n) is 6.87. The molecule has 0 aliphatic rings. The molecule has 25 heavy (non-hydrogen) atoms. The van der Waals surface area contributed by atoms with Gasteiger partial charge < -0.3 is 9.47 Å². The van der Waals surface area contributed by atoms with E-state index >= 15 is 0 Å². The van der Waals surface area contributed by atoms with Crippen LogP contribution in [0.3, 0.4) is 0 Å². The van der Waals surface area contributed by atoms with Gasteiger partial charge in [-0.15, -0.1) is 0 Å². The van der Waals surface area contributed by atoms with Gasteiger partial charge in [-0.3, -0.25) is 9.18 Å². The standard InChI is InChI=1S/C8H6BrFO2.C7H6BrFO.CH3F.CH4/c1-12-5-2-7(9)6(4-11)8(10)3-5;1-10-7-3-5(8)2-6(9)4-7;1-2;/h2-4H,1H3;2-4H,1H3;1H3;1H4/i;;1D;. The molecule has 2 aromatic rings. The Labute approximate surface area is 163 Å². The Morgan fingerprint density at radius 2 is 1.56 bits per heavy atom. The highest BCUT2D eigenvalue weighted by atomic mass is 79.9. The normalized spacial score (nSPS) is 9.16. The van der Waals surface area contributed by atoms with Crippen LogP contribution in [0.1, 0.15) is 19.2 Å². The molecule has 0 fully saturated rings. The average molecular weight is 489 g/mol. The SMILES string of the molecule is C.COc1cc(F)c(C=O)c(Br)c1.COc1cc(F)cc(Br)c1.[2H]CF. The second-order valence-electron chi connectivity index (χ2n) is 3.93. The van der Waals surface area contributed by atoms with Crippen molar-refractivity contribution >= 4 is 38.1 Å². The van der Waals surface area contributed by atoms with Gasteiger partial charge in [-0.25, -0.2) is 8.78 Å². The smallest absolute Gasteiger partial charge is 0.154 e. The van der Waals surface area contributed by atoms with Gasteiger partial charge in [0.15, 0.2) is 6.29 Å². The van der Waals surface area contributed by atoms with Crippen LogP contribution in [0.25, 0.3) is 0 Å². The fourth-order valence-electron chi connectivity index (χ4n) is 1.44. The Kier molecular flexibility index (Phi) is 12.9. The van der Waals surface area contributed by atoms with Gasteiger partial charge in [0.1, 0.15) is 23.1 Å². The number of benzene rings is 2. The summed E-state index contributed by atoms with van der Waals surface area (Å²) < 4.78 is 51.6. The summed E-state index contributed by atoms with van der Waals surface area (Å²) >= 11 is 6.18. The lowest BCUT2D eigenvalue weighted by molar-refractivity contribution is 0.111. The molecule has 140 valence electrons. The fraction of sp³-hybridized carbons (Fsp3) is 0.235. The molecule has 0 atom stereocenters. The zero-order valence-electron chi connectivity index (χ0n) is 13.8. The highest BCUT2D eigenvalue weighted by Crippen LogP contribution is 2.24. The highest BCUT2D eigenvalue weighted by molar-refractivity contribution is 9.10. The lowest BCUT2D eigenvalue weighted by atomic mass is 10.2. The number of aldehydes is 1. The monoisotopic (exact) mass is 487 g/mol. The van der Waals surface area contributed by atoms with Crippen molar-refractivity contribution in [1.82, 2.24) is 0 Å². The average Bonchev–Trinajstić information content (AvgIpc) is 2.55. The summed E-state index contributed by atoms with van der Waals surface area (Å²) in [5.41, 5.74) is 0.0100. The van der Waals surface area contributed by atoms with Crippen LogP contribution in [0, 0.1) is 11.6 Å². The van der Waals surface area contributed by atoms with Crippen LogP contribution in [0.5, 0.6) is 11.5 Å². The van der Waals surface area contributed by atoms with E-state index in [2.05, 4.69) is 31.9 Å². The molecule has 0 radical (unpaired) electrons. The first-order chi connectivity index (χ1) is 11.8. The summed E-state index contributed by atoms with van der Waals surface area (Å²) in [5.74, 6) is 0.0132. The third-order valence-corrected chi connectivity index (χ3v) is 3.59. The molecule has 0 N–H and O–H groups in total. The lowest BCUT2D eigenvalue weighted by Gasteiger charge is -2.02. The van der Waals surface area contributed by atoms with E-state index < -0.39 is 13.0 Å². The molecule has 0 amide bonds. The Morgan fingerprint density at radius 1 is 1.04 bits per heavy atom. The van der Waals surface area contributed by atoms with Gasteiger partial charge in [0, 0.05) is 21.1 Å². The van der Waals surface area contributed by atoms with Crippen molar-refractivity contribution < 1.29 is 28.8 Å². The summed E-state index contributed by atoms with van der Waals surface area (Å²) in [7, 11) is 1.93. The van der Waals surface area contributed by atoms with E-state index in [4.69, 9.17) is 10.8 Å². The van der Waals surface area contributed by atoms with Gasteiger partial charge in [-0.1, -0.05) is 23.4 Å². The lowest BCUT2D eigenvalue weighted by Crippen LogP contribution is -1.92. The summed E-state index contributed by atoms with van der Waals surface area (Å²) in [6, 6.07) is 7.09. The molecule has 2 rings (SSSR count). The van der Waals surface area contributed by atoms with E-state index in [9.17, 15) is 18.0 Å². The molecule has 0 bridgehead atoms. The number of hydrogen-bond donors (Lipinski definition) is 0. The van der Waals surface area contributed by atoms with Crippen molar-refractivity contribution in [1.29, 1.82) is 0 Å². The van der Waals surface area contributed by atoms with Gasteiger partial charge in [0.2, 0.25) is 0 Å². The predicted molar refractivity (Wildman–Crippen MR) is 100 cm³/mol. The van der Waals surface area contributed by atoms with Crippen molar-refractivity contribution in [2.24, 2.45) is 0 Å². The molecular weight excluding hydrogens is 469 g/mol. The van der Waals surface area contributed by atoms with Gasteiger partial charge in [-0.05, 0) is 34.1 Å². The minimum absolute atomic E-state index is 0. The predicted octanol–water partition coefficient (Wildman–Crippen LogP) is 6.23. The number of halogens is 5. The van der Waals surface area contributed by atoms with Crippen LogP contribution in [0.4, 0.5) is 13.2 Å². The van der Waals surface area contributed by atoms with Crippen molar-refractivity contribution in [3.05, 3.63) is 56.5 Å². The number of carbonyl (C=O) groups is 1. The molecule has 0 unspecified atom stereocenters. The molecule has 0 spiro atoms. The number of hydrogen-bond acceptors (Lipinski definition) is 3. The van der Waals surface area contributed by atoms with E-state index in [-0.39, 0.29) is 18.8 Å². The zero-order chi connectivity index (χ0) is 19.4. The maximum Gasteiger partial charge on any atom is 0.154 e. The summed E-state index contributed by atoms with van der Waals surface area (Å²) in [6.45, 7) is 0. The zero-order valence-corrected chi connectivity index (χ0v) is 16.0. The van der Waals surface area contributed by atoms with E-state index in [1.165, 1.54) is 32.4 Å². The van der Waals surface area contributed by atoms with Gasteiger partial charge in [0.25, 0.3) is 0 Å². The molecular formula is C17H19Br2F3O3. The Morgan fingerprint density at radius 3 is 1.96 bits per heavy atom. The summed E-state index contributed by atoms with van der Waals surface area (Å²) in [4.78, 5) is 10.3. The third kappa shape index (κ3) is 8.92. The quantitative estimate of drug-likeness (QED) is 0.480. The minimum Gasteiger partial charge on any atom is -0.497 e. The molecule has 0 saturated heterocycles. The summed E-state index contributed by atoms with van der Waals surface area (Å²) in [6.07, 6.45) is 0.457. The summed E-state index contributed by atoms with van der Waals surface area (Å²) in [5, 5.41) is 0. The molecule has 0 saturated carbocycles. The van der Waals surface area contributed by atoms with Crippen LogP contribution in [-0.4, -0.2) is 27.7 Å². The van der Waals surface area contributed by atoms with E-state index in [1.54, 1.807) is 6.07 Å². The fourth-order valence-corrected chi connectivity index (χ4v) is 2.39. The molecule has 3 nitrogen and oxygen atoms in total. The number of ether oxygens (including phenoxy) is 2. The maximum atomic E-state index is 13.0.